The molecule has 32 heavy (non-hydrogen) atoms. The number of hydrogen-bond donors (Lipinski definition) is 2. The molecule has 1 aromatic heterocycles. The number of benzene rings is 3. The Kier molecular flexibility index (Phi) is 6.12. The minimum Gasteiger partial charge on any atom is -0.497 e. The van der Waals surface area contributed by atoms with E-state index in [1.807, 2.05) is 24.3 Å². The van der Waals surface area contributed by atoms with Crippen molar-refractivity contribution in [2.45, 2.75) is 13.0 Å². The smallest absolute Gasteiger partial charge is 0.349 e. The third kappa shape index (κ3) is 4.59. The molecule has 4 rings (SSSR count). The normalized spacial score (nSPS) is 10.7. The molecule has 162 valence electrons. The van der Waals surface area contributed by atoms with E-state index in [-0.39, 0.29) is 18.1 Å². The number of amides is 2. The number of urea groups is 1. The maximum atomic E-state index is 13.9. The molecule has 0 aliphatic rings. The lowest BCUT2D eigenvalue weighted by molar-refractivity contribution is 0.262. The van der Waals surface area contributed by atoms with E-state index in [9.17, 15) is 14.0 Å². The number of ether oxygens (including phenoxy) is 1. The highest BCUT2D eigenvalue weighted by Gasteiger charge is 2.15. The Hall–Kier alpha value is -4.20. The number of rotatable bonds is 6. The van der Waals surface area contributed by atoms with E-state index in [4.69, 9.17) is 4.74 Å². The van der Waals surface area contributed by atoms with Crippen LogP contribution in [-0.4, -0.2) is 22.7 Å². The van der Waals surface area contributed by atoms with Gasteiger partial charge in [0.25, 0.3) is 0 Å². The predicted octanol–water partition coefficient (Wildman–Crippen LogP) is 4.43. The molecule has 7 nitrogen and oxygen atoms in total. The number of fused-ring (bicyclic) bond motifs is 1. The lowest BCUT2D eigenvalue weighted by Crippen LogP contribution is -2.30. The minimum atomic E-state index is -0.666. The number of anilines is 2. The van der Waals surface area contributed by atoms with Crippen LogP contribution in [0.3, 0.4) is 0 Å². The van der Waals surface area contributed by atoms with Crippen LogP contribution >= 0.6 is 0 Å². The van der Waals surface area contributed by atoms with Crippen molar-refractivity contribution in [3.8, 4) is 5.75 Å². The topological polar surface area (TPSA) is 85.2 Å². The maximum absolute atomic E-state index is 13.9. The highest BCUT2D eigenvalue weighted by molar-refractivity contribution is 6.04. The van der Waals surface area contributed by atoms with E-state index in [2.05, 4.69) is 15.6 Å². The molecular formula is C24H21FN4O3. The lowest BCUT2D eigenvalue weighted by Gasteiger charge is -2.16. The average Bonchev–Trinajstić information content (AvgIpc) is 2.80. The molecule has 0 fully saturated rings. The van der Waals surface area contributed by atoms with E-state index < -0.39 is 17.5 Å². The molecule has 0 saturated heterocycles. The van der Waals surface area contributed by atoms with Gasteiger partial charge in [0.2, 0.25) is 0 Å². The first kappa shape index (κ1) is 21.0. The van der Waals surface area contributed by atoms with E-state index in [0.717, 1.165) is 5.56 Å². The largest absolute Gasteiger partial charge is 0.497 e. The number of aryl methyl sites for hydroxylation is 1. The molecule has 0 radical (unpaired) electrons. The van der Waals surface area contributed by atoms with Gasteiger partial charge in [-0.3, -0.25) is 9.88 Å². The van der Waals surface area contributed by atoms with Gasteiger partial charge in [-0.1, -0.05) is 36.4 Å². The van der Waals surface area contributed by atoms with Gasteiger partial charge in [-0.05, 0) is 48.4 Å². The van der Waals surface area contributed by atoms with Crippen LogP contribution in [0.25, 0.3) is 10.9 Å². The van der Waals surface area contributed by atoms with Crippen molar-refractivity contribution < 1.29 is 13.9 Å². The van der Waals surface area contributed by atoms with Crippen molar-refractivity contribution in [3.63, 3.8) is 0 Å². The fourth-order valence-corrected chi connectivity index (χ4v) is 3.41. The first-order chi connectivity index (χ1) is 15.5. The number of nitrogens with one attached hydrogen (secondary N) is 2. The predicted molar refractivity (Wildman–Crippen MR) is 122 cm³/mol. The van der Waals surface area contributed by atoms with Crippen LogP contribution in [0.5, 0.6) is 5.75 Å². The van der Waals surface area contributed by atoms with Crippen LogP contribution in [0.2, 0.25) is 0 Å². The Bertz CT molecular complexity index is 1340. The molecule has 4 aromatic rings. The third-order valence-electron chi connectivity index (χ3n) is 4.99. The molecule has 8 heteroatoms. The average molecular weight is 432 g/mol. The Morgan fingerprint density at radius 1 is 1.03 bits per heavy atom. The number of methoxy groups -OCH3 is 1. The van der Waals surface area contributed by atoms with Crippen molar-refractivity contribution in [1.29, 1.82) is 0 Å². The number of hydrogen-bond acceptors (Lipinski definition) is 4. The van der Waals surface area contributed by atoms with Crippen molar-refractivity contribution >= 4 is 28.4 Å². The summed E-state index contributed by atoms with van der Waals surface area (Å²) in [5.41, 5.74) is 0.962. The molecule has 0 spiro atoms. The van der Waals surface area contributed by atoms with Crippen molar-refractivity contribution in [2.75, 3.05) is 17.7 Å². The molecular weight excluding hydrogens is 411 g/mol. The molecule has 3 aromatic carbocycles. The van der Waals surface area contributed by atoms with Gasteiger partial charge in [0.1, 0.15) is 17.4 Å². The molecule has 0 aliphatic carbocycles. The number of carbonyl (C=O) groups is 1. The number of aromatic nitrogens is 2. The van der Waals surface area contributed by atoms with E-state index in [1.54, 1.807) is 37.4 Å². The quantitative estimate of drug-likeness (QED) is 0.472. The zero-order valence-corrected chi connectivity index (χ0v) is 17.3. The zero-order valence-electron chi connectivity index (χ0n) is 17.3. The van der Waals surface area contributed by atoms with Gasteiger partial charge in [-0.2, -0.15) is 4.98 Å². The Morgan fingerprint density at radius 3 is 2.62 bits per heavy atom. The first-order valence-corrected chi connectivity index (χ1v) is 10.00. The summed E-state index contributed by atoms with van der Waals surface area (Å²) < 4.78 is 20.6. The SMILES string of the molecule is COc1cccc(CCn2c(NC(=O)Nc3ccccc3F)c3ccccc3nc2=O)c1. The second-order valence-electron chi connectivity index (χ2n) is 7.07. The number of nitrogens with zero attached hydrogens (tertiary/aromatic N) is 2. The van der Waals surface area contributed by atoms with Gasteiger partial charge in [0.15, 0.2) is 0 Å². The minimum absolute atomic E-state index is 0.0358. The van der Waals surface area contributed by atoms with Crippen LogP contribution in [0.15, 0.2) is 77.6 Å². The summed E-state index contributed by atoms with van der Waals surface area (Å²) in [4.78, 5) is 29.6. The summed E-state index contributed by atoms with van der Waals surface area (Å²) >= 11 is 0. The highest BCUT2D eigenvalue weighted by Crippen LogP contribution is 2.22. The molecule has 0 bridgehead atoms. The molecule has 2 amide bonds. The second-order valence-corrected chi connectivity index (χ2v) is 7.07. The Morgan fingerprint density at radius 2 is 1.81 bits per heavy atom. The maximum Gasteiger partial charge on any atom is 0.349 e. The highest BCUT2D eigenvalue weighted by atomic mass is 19.1. The Balaban J connectivity index is 1.66. The van der Waals surface area contributed by atoms with Crippen molar-refractivity contribution in [2.24, 2.45) is 0 Å². The van der Waals surface area contributed by atoms with Gasteiger partial charge in [-0.25, -0.2) is 14.0 Å². The Labute approximate surface area is 183 Å². The first-order valence-electron chi connectivity index (χ1n) is 10.00. The molecule has 0 aliphatic heterocycles. The number of carbonyl (C=O) groups excluding carboxylic acids is 1. The van der Waals surface area contributed by atoms with Crippen LogP contribution in [0.4, 0.5) is 20.7 Å². The molecule has 0 unspecified atom stereocenters. The summed E-state index contributed by atoms with van der Waals surface area (Å²) in [6.45, 7) is 0.277. The summed E-state index contributed by atoms with van der Waals surface area (Å²) in [7, 11) is 1.59. The fraction of sp³-hybridized carbons (Fsp3) is 0.125. The third-order valence-corrected chi connectivity index (χ3v) is 4.99. The summed E-state index contributed by atoms with van der Waals surface area (Å²) in [6.07, 6.45) is 0.515. The van der Waals surface area contributed by atoms with E-state index in [1.165, 1.54) is 22.8 Å². The van der Waals surface area contributed by atoms with Gasteiger partial charge >= 0.3 is 11.7 Å². The van der Waals surface area contributed by atoms with Crippen LogP contribution < -0.4 is 21.1 Å². The summed E-state index contributed by atoms with van der Waals surface area (Å²) in [5, 5.41) is 5.79. The lowest BCUT2D eigenvalue weighted by atomic mass is 10.1. The molecule has 1 heterocycles. The van der Waals surface area contributed by atoms with Gasteiger partial charge < -0.3 is 10.1 Å². The van der Waals surface area contributed by atoms with Crippen molar-refractivity contribution in [3.05, 3.63) is 94.7 Å². The zero-order chi connectivity index (χ0) is 22.5. The summed E-state index contributed by atoms with van der Waals surface area (Å²) in [5.74, 6) is 0.448. The fourth-order valence-electron chi connectivity index (χ4n) is 3.41. The molecule has 0 saturated carbocycles. The van der Waals surface area contributed by atoms with E-state index >= 15 is 0 Å². The van der Waals surface area contributed by atoms with Crippen molar-refractivity contribution in [1.82, 2.24) is 9.55 Å². The second kappa shape index (κ2) is 9.30. The van der Waals surface area contributed by atoms with Gasteiger partial charge in [0.05, 0.1) is 18.3 Å². The van der Waals surface area contributed by atoms with E-state index in [0.29, 0.717) is 23.1 Å². The van der Waals surface area contributed by atoms with Gasteiger partial charge in [0, 0.05) is 11.9 Å². The van der Waals surface area contributed by atoms with Crippen LogP contribution in [-0.2, 0) is 13.0 Å². The van der Waals surface area contributed by atoms with Crippen LogP contribution in [0.1, 0.15) is 5.56 Å². The number of halogens is 1. The molecule has 2 N–H and O–H groups in total. The van der Waals surface area contributed by atoms with Gasteiger partial charge in [-0.15, -0.1) is 0 Å². The number of para-hydroxylation sites is 2. The monoisotopic (exact) mass is 432 g/mol. The standard InChI is InChI=1S/C24H21FN4O3/c1-32-17-8-6-7-16(15-17)13-14-29-22(18-9-2-4-11-20(18)27-24(29)31)28-23(30)26-21-12-5-3-10-19(21)25/h2-12,15H,13-14H2,1H3,(H2,26,28,30). The summed E-state index contributed by atoms with van der Waals surface area (Å²) in [6, 6.07) is 19.7. The molecule has 0 atom stereocenters. The van der Waals surface area contributed by atoms with Crippen LogP contribution in [0, 0.1) is 5.82 Å².